The van der Waals surface area contributed by atoms with Gasteiger partial charge in [0.15, 0.2) is 11.5 Å². The Kier molecular flexibility index (Phi) is 5.53. The molecule has 1 fully saturated rings. The molecule has 1 saturated heterocycles. The molecule has 0 aliphatic carbocycles. The van der Waals surface area contributed by atoms with Gasteiger partial charge in [0.2, 0.25) is 5.91 Å². The molecular formula is C16H23ClN2O3. The van der Waals surface area contributed by atoms with Gasteiger partial charge in [-0.2, -0.15) is 0 Å². The number of nitrogens with zero attached hydrogens (tertiary/aromatic N) is 1. The zero-order valence-corrected chi connectivity index (χ0v) is 13.6. The van der Waals surface area contributed by atoms with Gasteiger partial charge >= 0.3 is 0 Å². The van der Waals surface area contributed by atoms with Crippen LogP contribution < -0.4 is 15.2 Å². The van der Waals surface area contributed by atoms with Crippen molar-refractivity contribution in [1.29, 1.82) is 0 Å². The molecule has 0 radical (unpaired) electrons. The zero-order chi connectivity index (χ0) is 14.8. The van der Waals surface area contributed by atoms with Crippen LogP contribution in [0.5, 0.6) is 11.5 Å². The lowest BCUT2D eigenvalue weighted by atomic mass is 10.1. The normalized spacial score (nSPS) is 23.1. The number of rotatable bonds is 3. The molecule has 22 heavy (non-hydrogen) atoms. The Hall–Kier alpha value is -1.46. The van der Waals surface area contributed by atoms with E-state index in [0.717, 1.165) is 30.0 Å². The van der Waals surface area contributed by atoms with E-state index in [9.17, 15) is 4.79 Å². The van der Waals surface area contributed by atoms with Crippen molar-refractivity contribution in [2.24, 2.45) is 11.7 Å². The van der Waals surface area contributed by atoms with E-state index in [1.165, 1.54) is 0 Å². The van der Waals surface area contributed by atoms with E-state index in [2.05, 4.69) is 6.92 Å². The van der Waals surface area contributed by atoms with E-state index in [-0.39, 0.29) is 24.4 Å². The maximum absolute atomic E-state index is 12.5. The molecule has 122 valence electrons. The summed E-state index contributed by atoms with van der Waals surface area (Å²) in [5, 5.41) is 0. The van der Waals surface area contributed by atoms with Gasteiger partial charge in [0.05, 0.1) is 6.42 Å². The first-order chi connectivity index (χ1) is 10.2. The van der Waals surface area contributed by atoms with Gasteiger partial charge in [0, 0.05) is 12.6 Å². The highest BCUT2D eigenvalue weighted by molar-refractivity contribution is 5.85. The molecule has 2 aliphatic heterocycles. The van der Waals surface area contributed by atoms with Crippen LogP contribution in [0.15, 0.2) is 18.2 Å². The molecule has 0 spiro atoms. The quantitative estimate of drug-likeness (QED) is 0.916. The van der Waals surface area contributed by atoms with Crippen molar-refractivity contribution < 1.29 is 14.3 Å². The fourth-order valence-electron chi connectivity index (χ4n) is 3.13. The SMILES string of the molecule is CC1CC(CN)CN1C(=O)Cc1ccc2c(c1)OCCO2.Cl. The molecule has 1 amide bonds. The van der Waals surface area contributed by atoms with E-state index < -0.39 is 0 Å². The van der Waals surface area contributed by atoms with Crippen LogP contribution in [-0.2, 0) is 11.2 Å². The molecule has 5 nitrogen and oxygen atoms in total. The van der Waals surface area contributed by atoms with Crippen molar-refractivity contribution in [2.45, 2.75) is 25.8 Å². The first kappa shape index (κ1) is 16.9. The van der Waals surface area contributed by atoms with Crippen molar-refractivity contribution in [3.63, 3.8) is 0 Å². The Morgan fingerprint density at radius 3 is 2.73 bits per heavy atom. The summed E-state index contributed by atoms with van der Waals surface area (Å²) in [6, 6.07) is 6.01. The van der Waals surface area contributed by atoms with Crippen molar-refractivity contribution in [1.82, 2.24) is 4.90 Å². The molecule has 6 heteroatoms. The monoisotopic (exact) mass is 326 g/mol. The van der Waals surface area contributed by atoms with Gasteiger partial charge < -0.3 is 20.1 Å². The Morgan fingerprint density at radius 2 is 2.05 bits per heavy atom. The number of likely N-dealkylation sites (tertiary alicyclic amines) is 1. The summed E-state index contributed by atoms with van der Waals surface area (Å²) in [7, 11) is 0. The Morgan fingerprint density at radius 1 is 1.32 bits per heavy atom. The highest BCUT2D eigenvalue weighted by Gasteiger charge is 2.31. The van der Waals surface area contributed by atoms with Gasteiger partial charge in [-0.25, -0.2) is 0 Å². The molecule has 1 aromatic rings. The molecule has 0 saturated carbocycles. The number of fused-ring (bicyclic) bond motifs is 1. The molecule has 2 heterocycles. The lowest BCUT2D eigenvalue weighted by Gasteiger charge is -2.22. The minimum absolute atomic E-state index is 0. The number of ether oxygens (including phenoxy) is 2. The molecule has 2 unspecified atom stereocenters. The minimum Gasteiger partial charge on any atom is -0.486 e. The number of halogens is 1. The van der Waals surface area contributed by atoms with Gasteiger partial charge in [-0.3, -0.25) is 4.79 Å². The maximum Gasteiger partial charge on any atom is 0.227 e. The van der Waals surface area contributed by atoms with Crippen LogP contribution in [0.1, 0.15) is 18.9 Å². The second-order valence-corrected chi connectivity index (χ2v) is 5.89. The number of amides is 1. The predicted octanol–water partition coefficient (Wildman–Crippen LogP) is 1.62. The number of hydrogen-bond donors (Lipinski definition) is 1. The van der Waals surface area contributed by atoms with Gasteiger partial charge in [-0.15, -0.1) is 12.4 Å². The molecular weight excluding hydrogens is 304 g/mol. The fraction of sp³-hybridized carbons (Fsp3) is 0.562. The summed E-state index contributed by atoms with van der Waals surface area (Å²) in [5.41, 5.74) is 6.68. The first-order valence-corrected chi connectivity index (χ1v) is 7.55. The van der Waals surface area contributed by atoms with E-state index >= 15 is 0 Å². The Balaban J connectivity index is 0.00000176. The highest BCUT2D eigenvalue weighted by atomic mass is 35.5. The van der Waals surface area contributed by atoms with E-state index in [4.69, 9.17) is 15.2 Å². The molecule has 0 bridgehead atoms. The molecule has 2 N–H and O–H groups in total. The summed E-state index contributed by atoms with van der Waals surface area (Å²) in [6.45, 7) is 4.67. The maximum atomic E-state index is 12.5. The standard InChI is InChI=1S/C16H22N2O3.ClH/c1-11-6-13(9-17)10-18(11)16(19)8-12-2-3-14-15(7-12)21-5-4-20-14;/h2-3,7,11,13H,4-6,8-10,17H2,1H3;1H. The smallest absolute Gasteiger partial charge is 0.227 e. The van der Waals surface area contributed by atoms with Crippen LogP contribution in [0.4, 0.5) is 0 Å². The van der Waals surface area contributed by atoms with Gasteiger partial charge in [-0.1, -0.05) is 6.07 Å². The lowest BCUT2D eigenvalue weighted by molar-refractivity contribution is -0.131. The molecule has 2 aliphatic rings. The summed E-state index contributed by atoms with van der Waals surface area (Å²) in [6.07, 6.45) is 1.40. The molecule has 2 atom stereocenters. The van der Waals surface area contributed by atoms with E-state index in [0.29, 0.717) is 32.1 Å². The topological polar surface area (TPSA) is 64.8 Å². The number of carbonyl (C=O) groups is 1. The summed E-state index contributed by atoms with van der Waals surface area (Å²) in [5.74, 6) is 2.09. The Labute approximate surface area is 137 Å². The van der Waals surface area contributed by atoms with Crippen molar-refractivity contribution >= 4 is 18.3 Å². The van der Waals surface area contributed by atoms with Crippen LogP contribution in [-0.4, -0.2) is 43.2 Å². The average molecular weight is 327 g/mol. The van der Waals surface area contributed by atoms with Gasteiger partial charge in [-0.05, 0) is 43.5 Å². The van der Waals surface area contributed by atoms with Crippen molar-refractivity contribution in [3.8, 4) is 11.5 Å². The second kappa shape index (κ2) is 7.20. The fourth-order valence-corrected chi connectivity index (χ4v) is 3.13. The second-order valence-electron chi connectivity index (χ2n) is 5.89. The van der Waals surface area contributed by atoms with E-state index in [1.54, 1.807) is 0 Å². The summed E-state index contributed by atoms with van der Waals surface area (Å²) in [4.78, 5) is 14.4. The van der Waals surface area contributed by atoms with Gasteiger partial charge in [0.25, 0.3) is 0 Å². The number of carbonyl (C=O) groups excluding carboxylic acids is 1. The van der Waals surface area contributed by atoms with Crippen LogP contribution in [0.2, 0.25) is 0 Å². The predicted molar refractivity (Wildman–Crippen MR) is 86.7 cm³/mol. The number of nitrogens with two attached hydrogens (primary N) is 1. The lowest BCUT2D eigenvalue weighted by Crippen LogP contribution is -2.35. The van der Waals surface area contributed by atoms with Crippen molar-refractivity contribution in [3.05, 3.63) is 23.8 Å². The third-order valence-electron chi connectivity index (χ3n) is 4.28. The highest BCUT2D eigenvalue weighted by Crippen LogP contribution is 2.31. The third-order valence-corrected chi connectivity index (χ3v) is 4.28. The zero-order valence-electron chi connectivity index (χ0n) is 12.8. The summed E-state index contributed by atoms with van der Waals surface area (Å²) < 4.78 is 11.1. The molecule has 3 rings (SSSR count). The molecule has 1 aromatic carbocycles. The van der Waals surface area contributed by atoms with Crippen LogP contribution in [0.25, 0.3) is 0 Å². The van der Waals surface area contributed by atoms with E-state index in [1.807, 2.05) is 23.1 Å². The molecule has 0 aromatic heterocycles. The minimum atomic E-state index is 0. The van der Waals surface area contributed by atoms with Crippen LogP contribution in [0.3, 0.4) is 0 Å². The van der Waals surface area contributed by atoms with Gasteiger partial charge in [0.1, 0.15) is 13.2 Å². The Bertz CT molecular complexity index is 538. The summed E-state index contributed by atoms with van der Waals surface area (Å²) >= 11 is 0. The number of hydrogen-bond acceptors (Lipinski definition) is 4. The third kappa shape index (κ3) is 3.47. The average Bonchev–Trinajstić information content (AvgIpc) is 2.88. The first-order valence-electron chi connectivity index (χ1n) is 7.55. The number of benzene rings is 1. The van der Waals surface area contributed by atoms with Crippen LogP contribution >= 0.6 is 12.4 Å². The van der Waals surface area contributed by atoms with Crippen molar-refractivity contribution in [2.75, 3.05) is 26.3 Å². The van der Waals surface area contributed by atoms with Crippen LogP contribution in [0, 0.1) is 5.92 Å². The largest absolute Gasteiger partial charge is 0.486 e.